The number of carbonyl (C=O) groups is 1. The van der Waals surface area contributed by atoms with Crippen LogP contribution in [0.25, 0.3) is 0 Å². The van der Waals surface area contributed by atoms with Gasteiger partial charge in [-0.15, -0.1) is 0 Å². The Balaban J connectivity index is 1.75. The maximum atomic E-state index is 13.1. The first kappa shape index (κ1) is 19.6. The number of amides is 1. The van der Waals surface area contributed by atoms with Crippen LogP contribution in [0, 0.1) is 0 Å². The zero-order valence-electron chi connectivity index (χ0n) is 15.6. The molecule has 1 heterocycles. The van der Waals surface area contributed by atoms with Gasteiger partial charge in [0.15, 0.2) is 0 Å². The fourth-order valence-electron chi connectivity index (χ4n) is 3.30. The molecule has 0 fully saturated rings. The first-order valence-corrected chi connectivity index (χ1v) is 10.9. The van der Waals surface area contributed by atoms with Crippen LogP contribution in [0.1, 0.15) is 47.7 Å². The van der Waals surface area contributed by atoms with E-state index in [9.17, 15) is 13.2 Å². The van der Waals surface area contributed by atoms with Gasteiger partial charge in [-0.2, -0.15) is 4.31 Å². The average molecular weight is 387 g/mol. The van der Waals surface area contributed by atoms with Crippen molar-refractivity contribution in [2.45, 2.75) is 44.0 Å². The molecule has 0 unspecified atom stereocenters. The Hall–Kier alpha value is -2.18. The maximum Gasteiger partial charge on any atom is 0.251 e. The van der Waals surface area contributed by atoms with E-state index in [0.29, 0.717) is 31.6 Å². The topological polar surface area (TPSA) is 66.5 Å². The van der Waals surface area contributed by atoms with E-state index in [2.05, 4.69) is 12.2 Å². The minimum atomic E-state index is -3.64. The van der Waals surface area contributed by atoms with Crippen molar-refractivity contribution in [3.63, 3.8) is 0 Å². The van der Waals surface area contributed by atoms with Gasteiger partial charge in [-0.1, -0.05) is 50.1 Å². The van der Waals surface area contributed by atoms with Crippen LogP contribution in [0.3, 0.4) is 0 Å². The summed E-state index contributed by atoms with van der Waals surface area (Å²) in [6, 6.07) is 14.2. The molecule has 0 saturated heterocycles. The van der Waals surface area contributed by atoms with Crippen LogP contribution < -0.4 is 5.32 Å². The van der Waals surface area contributed by atoms with Crippen LogP contribution in [0.5, 0.6) is 0 Å². The van der Waals surface area contributed by atoms with Crippen molar-refractivity contribution in [2.24, 2.45) is 0 Å². The van der Waals surface area contributed by atoms with E-state index in [-0.39, 0.29) is 10.8 Å². The van der Waals surface area contributed by atoms with Crippen LogP contribution in [0.2, 0.25) is 0 Å². The Morgan fingerprint density at radius 1 is 1.07 bits per heavy atom. The summed E-state index contributed by atoms with van der Waals surface area (Å²) in [4.78, 5) is 12.5. The van der Waals surface area contributed by atoms with Gasteiger partial charge >= 0.3 is 0 Å². The number of hydrogen-bond donors (Lipinski definition) is 1. The summed E-state index contributed by atoms with van der Waals surface area (Å²) in [5, 5.41) is 2.86. The van der Waals surface area contributed by atoms with Crippen molar-refractivity contribution in [3.05, 3.63) is 65.2 Å². The molecule has 0 aromatic heterocycles. The molecule has 0 saturated carbocycles. The average Bonchev–Trinajstić information content (AvgIpc) is 2.70. The molecule has 1 amide bonds. The predicted octanol–water partition coefficient (Wildman–Crippen LogP) is 3.35. The molecule has 27 heavy (non-hydrogen) atoms. The number of unbranched alkanes of at least 4 members (excludes halogenated alkanes) is 2. The molecule has 0 aliphatic carbocycles. The molecule has 5 nitrogen and oxygen atoms in total. The van der Waals surface area contributed by atoms with Crippen molar-refractivity contribution < 1.29 is 13.2 Å². The summed E-state index contributed by atoms with van der Waals surface area (Å²) in [6.45, 7) is 3.53. The van der Waals surface area contributed by atoms with Gasteiger partial charge in [0.1, 0.15) is 0 Å². The smallest absolute Gasteiger partial charge is 0.251 e. The monoisotopic (exact) mass is 386 g/mol. The van der Waals surface area contributed by atoms with E-state index in [1.54, 1.807) is 18.2 Å². The third kappa shape index (κ3) is 4.57. The van der Waals surface area contributed by atoms with Gasteiger partial charge < -0.3 is 5.32 Å². The summed E-state index contributed by atoms with van der Waals surface area (Å²) >= 11 is 0. The lowest BCUT2D eigenvalue weighted by Crippen LogP contribution is -2.36. The van der Waals surface area contributed by atoms with Crippen LogP contribution in [0.15, 0.2) is 53.4 Å². The zero-order chi connectivity index (χ0) is 19.3. The van der Waals surface area contributed by atoms with E-state index in [1.807, 2.05) is 24.3 Å². The molecule has 1 N–H and O–H groups in total. The molecule has 0 radical (unpaired) electrons. The number of hydrogen-bond acceptors (Lipinski definition) is 3. The van der Waals surface area contributed by atoms with E-state index in [0.717, 1.165) is 24.8 Å². The molecule has 6 heteroatoms. The van der Waals surface area contributed by atoms with Crippen molar-refractivity contribution >= 4 is 15.9 Å². The summed E-state index contributed by atoms with van der Waals surface area (Å²) in [6.07, 6.45) is 3.77. The molecule has 144 valence electrons. The highest BCUT2D eigenvalue weighted by Crippen LogP contribution is 2.25. The predicted molar refractivity (Wildman–Crippen MR) is 106 cm³/mol. The third-order valence-corrected chi connectivity index (χ3v) is 6.74. The van der Waals surface area contributed by atoms with E-state index in [1.165, 1.54) is 15.9 Å². The van der Waals surface area contributed by atoms with Gasteiger partial charge in [-0.3, -0.25) is 4.79 Å². The molecule has 2 aromatic rings. The summed E-state index contributed by atoms with van der Waals surface area (Å²) in [5.41, 5.74) is 2.62. The van der Waals surface area contributed by atoms with Crippen LogP contribution in [-0.4, -0.2) is 31.7 Å². The molecule has 2 aromatic carbocycles. The van der Waals surface area contributed by atoms with Crippen LogP contribution in [0.4, 0.5) is 0 Å². The maximum absolute atomic E-state index is 13.1. The molecule has 0 bridgehead atoms. The van der Waals surface area contributed by atoms with Gasteiger partial charge in [0.05, 0.1) is 4.90 Å². The van der Waals surface area contributed by atoms with Crippen molar-refractivity contribution in [3.8, 4) is 0 Å². The van der Waals surface area contributed by atoms with Gasteiger partial charge in [-0.05, 0) is 42.2 Å². The van der Waals surface area contributed by atoms with Gasteiger partial charge in [-0.25, -0.2) is 8.42 Å². The highest BCUT2D eigenvalue weighted by atomic mass is 32.2. The molecule has 1 aliphatic heterocycles. The number of nitrogens with zero attached hydrogens (tertiary/aromatic N) is 1. The lowest BCUT2D eigenvalue weighted by molar-refractivity contribution is 0.0952. The Morgan fingerprint density at radius 2 is 1.85 bits per heavy atom. The standard InChI is InChI=1S/C21H26N2O3S/c1-2-3-6-13-22-21(24)18-10-7-11-20(15-18)27(25,26)23-14-12-17-8-4-5-9-19(17)16-23/h4-5,7-11,15H,2-3,6,12-14,16H2,1H3,(H,22,24). The molecule has 0 atom stereocenters. The zero-order valence-corrected chi connectivity index (χ0v) is 16.5. The summed E-state index contributed by atoms with van der Waals surface area (Å²) in [7, 11) is -3.64. The number of benzene rings is 2. The SMILES string of the molecule is CCCCCNC(=O)c1cccc(S(=O)(=O)N2CCc3ccccc3C2)c1. The lowest BCUT2D eigenvalue weighted by Gasteiger charge is -2.28. The minimum Gasteiger partial charge on any atom is -0.352 e. The van der Waals surface area contributed by atoms with Crippen molar-refractivity contribution in [1.29, 1.82) is 0 Å². The van der Waals surface area contributed by atoms with Gasteiger partial charge in [0.25, 0.3) is 5.91 Å². The normalized spacial score (nSPS) is 14.6. The first-order valence-electron chi connectivity index (χ1n) is 9.47. The van der Waals surface area contributed by atoms with E-state index in [4.69, 9.17) is 0 Å². The lowest BCUT2D eigenvalue weighted by atomic mass is 10.0. The fraction of sp³-hybridized carbons (Fsp3) is 0.381. The van der Waals surface area contributed by atoms with Crippen LogP contribution in [-0.2, 0) is 23.0 Å². The quantitative estimate of drug-likeness (QED) is 0.742. The second-order valence-corrected chi connectivity index (χ2v) is 8.79. The Kier molecular flexibility index (Phi) is 6.29. The van der Waals surface area contributed by atoms with Gasteiger partial charge in [0.2, 0.25) is 10.0 Å². The van der Waals surface area contributed by atoms with Crippen molar-refractivity contribution in [1.82, 2.24) is 9.62 Å². The van der Waals surface area contributed by atoms with Crippen molar-refractivity contribution in [2.75, 3.05) is 13.1 Å². The number of carbonyl (C=O) groups excluding carboxylic acids is 1. The second-order valence-electron chi connectivity index (χ2n) is 6.85. The second kappa shape index (κ2) is 8.67. The Labute approximate surface area is 161 Å². The molecular weight excluding hydrogens is 360 g/mol. The number of fused-ring (bicyclic) bond motifs is 1. The summed E-state index contributed by atoms with van der Waals surface area (Å²) in [5.74, 6) is -0.229. The molecule has 1 aliphatic rings. The number of sulfonamides is 1. The highest BCUT2D eigenvalue weighted by Gasteiger charge is 2.28. The fourth-order valence-corrected chi connectivity index (χ4v) is 4.77. The number of nitrogens with one attached hydrogen (secondary N) is 1. The van der Waals surface area contributed by atoms with E-state index >= 15 is 0 Å². The molecular formula is C21H26N2O3S. The highest BCUT2D eigenvalue weighted by molar-refractivity contribution is 7.89. The molecule has 0 spiro atoms. The summed E-state index contributed by atoms with van der Waals surface area (Å²) < 4.78 is 27.6. The Morgan fingerprint density at radius 3 is 2.63 bits per heavy atom. The van der Waals surface area contributed by atoms with Gasteiger partial charge in [0, 0.05) is 25.2 Å². The molecule has 3 rings (SSSR count). The minimum absolute atomic E-state index is 0.170. The third-order valence-electron chi connectivity index (χ3n) is 4.90. The van der Waals surface area contributed by atoms with E-state index < -0.39 is 10.0 Å². The van der Waals surface area contributed by atoms with Crippen LogP contribution >= 0.6 is 0 Å². The number of rotatable bonds is 7. The first-order chi connectivity index (χ1) is 13.0. The Bertz CT molecular complexity index is 909. The largest absolute Gasteiger partial charge is 0.352 e.